The van der Waals surface area contributed by atoms with Gasteiger partial charge in [-0.15, -0.1) is 0 Å². The largest absolute Gasteiger partial charge is 0.494 e. The summed E-state index contributed by atoms with van der Waals surface area (Å²) < 4.78 is -0.0532. The van der Waals surface area contributed by atoms with E-state index in [0.717, 1.165) is 35.6 Å². The Labute approximate surface area is 162 Å². The maximum Gasteiger partial charge on any atom is 0.282 e. The van der Waals surface area contributed by atoms with Crippen molar-refractivity contribution in [3.05, 3.63) is 67.2 Å². The Hall–Kier alpha value is -3.59. The van der Waals surface area contributed by atoms with Crippen LogP contribution in [0.25, 0.3) is 10.8 Å². The number of H-pyrrole nitrogens is 2. The van der Waals surface area contributed by atoms with Crippen LogP contribution in [0.1, 0.15) is 37.4 Å². The highest BCUT2D eigenvalue weighted by molar-refractivity contribution is 7.71. The van der Waals surface area contributed by atoms with Crippen LogP contribution in [0.4, 0.5) is 0 Å². The van der Waals surface area contributed by atoms with Crippen molar-refractivity contribution in [2.75, 3.05) is 0 Å². The lowest BCUT2D eigenvalue weighted by atomic mass is 9.92. The molecule has 0 saturated heterocycles. The van der Waals surface area contributed by atoms with Gasteiger partial charge in [-0.2, -0.15) is 10.1 Å². The molecule has 3 aromatic rings. The summed E-state index contributed by atoms with van der Waals surface area (Å²) in [5.41, 5.74) is 2.10. The van der Waals surface area contributed by atoms with E-state index in [-0.39, 0.29) is 10.3 Å². The van der Waals surface area contributed by atoms with Gasteiger partial charge in [0.15, 0.2) is 4.77 Å². The average molecular weight is 392 g/mol. The first kappa shape index (κ1) is 16.6. The minimum absolute atomic E-state index is 0.0532. The van der Waals surface area contributed by atoms with E-state index < -0.39 is 23.3 Å². The van der Waals surface area contributed by atoms with Gasteiger partial charge in [-0.25, -0.2) is 0 Å². The second-order valence-electron chi connectivity index (χ2n) is 6.63. The molecule has 2 aromatic carbocycles. The molecule has 28 heavy (non-hydrogen) atoms. The lowest BCUT2D eigenvalue weighted by Crippen LogP contribution is -2.36. The molecule has 9 heteroatoms. The summed E-state index contributed by atoms with van der Waals surface area (Å²) >= 11 is 4.76. The van der Waals surface area contributed by atoms with Gasteiger partial charge >= 0.3 is 0 Å². The fourth-order valence-corrected chi connectivity index (χ4v) is 4.02. The number of aromatic nitrogens is 2. The van der Waals surface area contributed by atoms with Gasteiger partial charge in [-0.1, -0.05) is 12.1 Å². The van der Waals surface area contributed by atoms with Crippen molar-refractivity contribution >= 4 is 41.0 Å². The van der Waals surface area contributed by atoms with Gasteiger partial charge in [0.05, 0.1) is 17.3 Å². The van der Waals surface area contributed by atoms with Gasteiger partial charge in [-0.05, 0) is 53.7 Å². The lowest BCUT2D eigenvalue weighted by molar-refractivity contribution is 0.0616. The first-order valence-electron chi connectivity index (χ1n) is 8.51. The topological polar surface area (TPSA) is 119 Å². The van der Waals surface area contributed by atoms with Gasteiger partial charge in [0.2, 0.25) is 5.88 Å². The molecule has 1 aromatic heterocycles. The zero-order valence-electron chi connectivity index (χ0n) is 14.3. The zero-order chi connectivity index (χ0) is 19.6. The molecule has 3 N–H and O–H groups in total. The average Bonchev–Trinajstić information content (AvgIpc) is 3.08. The number of carbonyl (C=O) groups excluding carboxylic acids is 2. The quantitative estimate of drug-likeness (QED) is 0.350. The number of amides is 2. The third-order valence-corrected chi connectivity index (χ3v) is 5.31. The van der Waals surface area contributed by atoms with Crippen LogP contribution in [0, 0.1) is 4.77 Å². The van der Waals surface area contributed by atoms with Crippen LogP contribution < -0.4 is 5.56 Å². The van der Waals surface area contributed by atoms with Crippen LogP contribution >= 0.6 is 12.2 Å². The van der Waals surface area contributed by atoms with Crippen LogP contribution in [0.5, 0.6) is 5.88 Å². The van der Waals surface area contributed by atoms with E-state index in [0.29, 0.717) is 21.5 Å². The van der Waals surface area contributed by atoms with Crippen molar-refractivity contribution < 1.29 is 14.7 Å². The maximum atomic E-state index is 12.9. The number of benzene rings is 2. The Morgan fingerprint density at radius 1 is 0.964 bits per heavy atom. The monoisotopic (exact) mass is 392 g/mol. The fourth-order valence-electron chi connectivity index (χ4n) is 3.83. The summed E-state index contributed by atoms with van der Waals surface area (Å²) in [7, 11) is 0. The summed E-state index contributed by atoms with van der Waals surface area (Å²) in [6.07, 6.45) is 2.73. The number of nitrogens with zero attached hydrogens (tertiary/aromatic N) is 2. The smallest absolute Gasteiger partial charge is 0.282 e. The summed E-state index contributed by atoms with van der Waals surface area (Å²) in [6.45, 7) is 0. The molecule has 0 radical (unpaired) electrons. The van der Waals surface area contributed by atoms with Gasteiger partial charge in [-0.3, -0.25) is 19.4 Å². The number of hydrogen-bond donors (Lipinski definition) is 3. The van der Waals surface area contributed by atoms with Crippen molar-refractivity contribution in [3.8, 4) is 5.88 Å². The summed E-state index contributed by atoms with van der Waals surface area (Å²) in [6, 6.07) is 7.22. The number of aromatic amines is 2. The van der Waals surface area contributed by atoms with E-state index in [4.69, 9.17) is 12.2 Å². The SMILES string of the molecule is O=C1c2ccc3c4c(ccc(c24)C(=O)N1/N=C/c1c(O)[nH]c(=S)[nH]c1=O)CC3. The molecule has 1 aliphatic carbocycles. The number of aryl methyl sites for hydroxylation is 2. The third kappa shape index (κ3) is 2.20. The molecule has 2 aliphatic rings. The van der Waals surface area contributed by atoms with Gasteiger partial charge < -0.3 is 10.1 Å². The molecule has 2 heterocycles. The number of carbonyl (C=O) groups is 2. The Morgan fingerprint density at radius 3 is 2.14 bits per heavy atom. The normalized spacial score (nSPS) is 15.2. The summed E-state index contributed by atoms with van der Waals surface area (Å²) in [4.78, 5) is 42.5. The molecule has 2 amide bonds. The van der Waals surface area contributed by atoms with Crippen LogP contribution in [-0.2, 0) is 12.8 Å². The van der Waals surface area contributed by atoms with Crippen LogP contribution in [0.2, 0.25) is 0 Å². The highest BCUT2D eigenvalue weighted by Crippen LogP contribution is 2.38. The molecule has 0 saturated carbocycles. The first-order valence-corrected chi connectivity index (χ1v) is 8.92. The van der Waals surface area contributed by atoms with Crippen molar-refractivity contribution in [1.82, 2.24) is 15.0 Å². The van der Waals surface area contributed by atoms with E-state index >= 15 is 0 Å². The highest BCUT2D eigenvalue weighted by Gasteiger charge is 2.35. The molecule has 5 rings (SSSR count). The molecule has 0 spiro atoms. The molecule has 0 unspecified atom stereocenters. The molecule has 138 valence electrons. The molecule has 8 nitrogen and oxygen atoms in total. The number of hydrogen-bond acceptors (Lipinski definition) is 6. The first-order chi connectivity index (χ1) is 13.5. The van der Waals surface area contributed by atoms with Crippen molar-refractivity contribution in [2.45, 2.75) is 12.8 Å². The van der Waals surface area contributed by atoms with Crippen LogP contribution in [0.3, 0.4) is 0 Å². The van der Waals surface area contributed by atoms with Crippen molar-refractivity contribution in [1.29, 1.82) is 0 Å². The van der Waals surface area contributed by atoms with Crippen molar-refractivity contribution in [3.63, 3.8) is 0 Å². The standard InChI is InChI=1S/C19H12N4O4S/c24-15-12(16(25)22-19(28)21-15)7-20-23-17(26)10-5-3-8-1-2-9-4-6-11(18(23)27)14(10)13(8)9/h3-7H,1-2H2,(H3,21,22,24,25,28)/b20-7+. The number of aromatic hydroxyl groups is 1. The molecule has 0 bridgehead atoms. The van der Waals surface area contributed by atoms with Gasteiger partial charge in [0.25, 0.3) is 17.4 Å². The summed E-state index contributed by atoms with van der Waals surface area (Å²) in [5, 5.41) is 16.1. The number of nitrogens with one attached hydrogen (secondary N) is 2. The molecule has 0 fully saturated rings. The minimum Gasteiger partial charge on any atom is -0.494 e. The molecular weight excluding hydrogens is 380 g/mol. The molecule has 1 aliphatic heterocycles. The highest BCUT2D eigenvalue weighted by atomic mass is 32.1. The molecular formula is C19H12N4O4S. The lowest BCUT2D eigenvalue weighted by Gasteiger charge is -2.23. The summed E-state index contributed by atoms with van der Waals surface area (Å²) in [5.74, 6) is -1.66. The number of rotatable bonds is 2. The maximum absolute atomic E-state index is 12.9. The van der Waals surface area contributed by atoms with Crippen LogP contribution in [0.15, 0.2) is 34.2 Å². The van der Waals surface area contributed by atoms with Gasteiger partial charge in [0, 0.05) is 5.39 Å². The fraction of sp³-hybridized carbons (Fsp3) is 0.105. The second kappa shape index (κ2) is 5.70. The Bertz CT molecular complexity index is 1310. The van der Waals surface area contributed by atoms with Crippen LogP contribution in [-0.4, -0.2) is 38.1 Å². The van der Waals surface area contributed by atoms with E-state index in [1.807, 2.05) is 12.1 Å². The Kier molecular flexibility index (Phi) is 3.37. The van der Waals surface area contributed by atoms with Gasteiger partial charge in [0.1, 0.15) is 5.56 Å². The van der Waals surface area contributed by atoms with E-state index in [9.17, 15) is 19.5 Å². The predicted octanol–water partition coefficient (Wildman–Crippen LogP) is 2.02. The Balaban J connectivity index is 1.64. The predicted molar refractivity (Wildman–Crippen MR) is 103 cm³/mol. The number of imide groups is 1. The van der Waals surface area contributed by atoms with E-state index in [1.165, 1.54) is 0 Å². The zero-order valence-corrected chi connectivity index (χ0v) is 15.1. The van der Waals surface area contributed by atoms with E-state index in [2.05, 4.69) is 15.1 Å². The number of hydrazone groups is 1. The van der Waals surface area contributed by atoms with Crippen molar-refractivity contribution in [2.24, 2.45) is 5.10 Å². The third-order valence-electron chi connectivity index (χ3n) is 5.10. The second-order valence-corrected chi connectivity index (χ2v) is 7.04. The minimum atomic E-state index is -0.690. The van der Waals surface area contributed by atoms with E-state index in [1.54, 1.807) is 12.1 Å². The Morgan fingerprint density at radius 2 is 1.57 bits per heavy atom. The molecule has 0 atom stereocenters.